The summed E-state index contributed by atoms with van der Waals surface area (Å²) in [6.07, 6.45) is 2.73. The van der Waals surface area contributed by atoms with Crippen molar-refractivity contribution in [3.05, 3.63) is 35.4 Å². The number of carbonyl (C=O) groups is 2. The molecule has 1 N–H and O–H groups in total. The van der Waals surface area contributed by atoms with Crippen molar-refractivity contribution in [2.75, 3.05) is 6.54 Å². The number of nitrogens with zero attached hydrogens (tertiary/aromatic N) is 1. The summed E-state index contributed by atoms with van der Waals surface area (Å²) < 4.78 is 0. The Hall–Kier alpha value is -1.84. The van der Waals surface area contributed by atoms with E-state index in [0.717, 1.165) is 24.8 Å². The lowest BCUT2D eigenvalue weighted by Crippen LogP contribution is -2.41. The van der Waals surface area contributed by atoms with E-state index in [0.29, 0.717) is 6.54 Å². The van der Waals surface area contributed by atoms with E-state index in [-0.39, 0.29) is 24.3 Å². The molecule has 0 spiro atoms. The van der Waals surface area contributed by atoms with Crippen LogP contribution in [0.3, 0.4) is 0 Å². The van der Waals surface area contributed by atoms with Gasteiger partial charge in [-0.05, 0) is 30.4 Å². The molecule has 1 fully saturated rings. The van der Waals surface area contributed by atoms with Crippen molar-refractivity contribution in [2.24, 2.45) is 5.92 Å². The molecule has 100 valence electrons. The van der Waals surface area contributed by atoms with Crippen molar-refractivity contribution in [3.8, 4) is 0 Å². The summed E-state index contributed by atoms with van der Waals surface area (Å²) in [6, 6.07) is 7.57. The topological polar surface area (TPSA) is 57.6 Å². The average Bonchev–Trinajstić information content (AvgIpc) is 3.22. The molecular weight excluding hydrogens is 242 g/mol. The second-order valence-corrected chi connectivity index (χ2v) is 5.37. The number of aliphatic carboxylic acids is 1. The van der Waals surface area contributed by atoms with E-state index >= 15 is 0 Å². The van der Waals surface area contributed by atoms with Gasteiger partial charge in [0.25, 0.3) is 0 Å². The predicted molar refractivity (Wildman–Crippen MR) is 69.6 cm³/mol. The van der Waals surface area contributed by atoms with Crippen LogP contribution in [0.2, 0.25) is 0 Å². The highest BCUT2D eigenvalue weighted by atomic mass is 16.4. The summed E-state index contributed by atoms with van der Waals surface area (Å²) in [6.45, 7) is 0.643. The predicted octanol–water partition coefficient (Wildman–Crippen LogP) is 2.00. The van der Waals surface area contributed by atoms with Crippen molar-refractivity contribution in [1.29, 1.82) is 0 Å². The van der Waals surface area contributed by atoms with Crippen LogP contribution in [0.5, 0.6) is 0 Å². The molecule has 0 saturated heterocycles. The van der Waals surface area contributed by atoms with Gasteiger partial charge in [-0.25, -0.2) is 0 Å². The van der Waals surface area contributed by atoms with Gasteiger partial charge in [-0.2, -0.15) is 0 Å². The van der Waals surface area contributed by atoms with Crippen molar-refractivity contribution in [1.82, 2.24) is 4.90 Å². The van der Waals surface area contributed by atoms with Crippen LogP contribution < -0.4 is 0 Å². The number of carbonyl (C=O) groups excluding carboxylic acids is 1. The monoisotopic (exact) mass is 259 g/mol. The third-order valence-corrected chi connectivity index (χ3v) is 3.99. The van der Waals surface area contributed by atoms with Gasteiger partial charge < -0.3 is 10.0 Å². The van der Waals surface area contributed by atoms with E-state index in [1.165, 1.54) is 5.56 Å². The molecule has 1 heterocycles. The van der Waals surface area contributed by atoms with Crippen LogP contribution in [0.25, 0.3) is 0 Å². The highest BCUT2D eigenvalue weighted by Crippen LogP contribution is 2.38. The first-order chi connectivity index (χ1) is 9.16. The maximum atomic E-state index is 12.3. The molecule has 1 atom stereocenters. The van der Waals surface area contributed by atoms with Crippen molar-refractivity contribution in [3.63, 3.8) is 0 Å². The Morgan fingerprint density at radius 3 is 2.68 bits per heavy atom. The number of hydrogen-bond donors (Lipinski definition) is 1. The molecular formula is C15H17NO3. The molecule has 1 saturated carbocycles. The number of benzene rings is 1. The molecule has 1 aromatic rings. The minimum atomic E-state index is -0.852. The molecule has 1 aromatic carbocycles. The number of carboxylic acid groups (broad SMARTS) is 1. The standard InChI is InChI=1S/C15H17NO3/c17-14(18)9-13-12-4-2-1-3-10(12)7-8-16(13)15(19)11-5-6-11/h1-4,11,13H,5-9H2,(H,17,18)/t13-/m1/s1. The third-order valence-electron chi connectivity index (χ3n) is 3.99. The largest absolute Gasteiger partial charge is 0.481 e. The summed E-state index contributed by atoms with van der Waals surface area (Å²) in [5.41, 5.74) is 2.18. The fraction of sp³-hybridized carbons (Fsp3) is 0.467. The van der Waals surface area contributed by atoms with Gasteiger partial charge >= 0.3 is 5.97 Å². The summed E-state index contributed by atoms with van der Waals surface area (Å²) in [7, 11) is 0. The van der Waals surface area contributed by atoms with E-state index in [2.05, 4.69) is 0 Å². The number of amides is 1. The van der Waals surface area contributed by atoms with Crippen molar-refractivity contribution >= 4 is 11.9 Å². The van der Waals surface area contributed by atoms with Gasteiger partial charge in [0, 0.05) is 12.5 Å². The van der Waals surface area contributed by atoms with Gasteiger partial charge in [0.05, 0.1) is 12.5 Å². The Labute approximate surface area is 112 Å². The van der Waals surface area contributed by atoms with Crippen LogP contribution in [0.1, 0.15) is 36.4 Å². The SMILES string of the molecule is O=C(O)C[C@@H]1c2ccccc2CCN1C(=O)C1CC1. The maximum absolute atomic E-state index is 12.3. The van der Waals surface area contributed by atoms with Crippen LogP contribution in [-0.4, -0.2) is 28.4 Å². The highest BCUT2D eigenvalue weighted by molar-refractivity contribution is 5.82. The molecule has 1 amide bonds. The molecule has 3 rings (SSSR count). The van der Waals surface area contributed by atoms with Crippen molar-refractivity contribution < 1.29 is 14.7 Å². The zero-order chi connectivity index (χ0) is 13.4. The first-order valence-corrected chi connectivity index (χ1v) is 6.77. The van der Waals surface area contributed by atoms with E-state index in [9.17, 15) is 9.59 Å². The van der Waals surface area contributed by atoms with Crippen molar-refractivity contribution in [2.45, 2.75) is 31.7 Å². The van der Waals surface area contributed by atoms with E-state index < -0.39 is 5.97 Å². The van der Waals surface area contributed by atoms with Gasteiger partial charge in [-0.3, -0.25) is 9.59 Å². The first-order valence-electron chi connectivity index (χ1n) is 6.77. The molecule has 19 heavy (non-hydrogen) atoms. The Bertz CT molecular complexity index is 522. The van der Waals surface area contributed by atoms with E-state index in [4.69, 9.17) is 5.11 Å². The molecule has 1 aliphatic carbocycles. The molecule has 4 heteroatoms. The van der Waals surface area contributed by atoms with Gasteiger partial charge in [0.15, 0.2) is 0 Å². The second kappa shape index (κ2) is 4.68. The van der Waals surface area contributed by atoms with Crippen LogP contribution in [-0.2, 0) is 16.0 Å². The van der Waals surface area contributed by atoms with Gasteiger partial charge in [0.1, 0.15) is 0 Å². The number of fused-ring (bicyclic) bond motifs is 1. The zero-order valence-corrected chi connectivity index (χ0v) is 10.7. The summed E-state index contributed by atoms with van der Waals surface area (Å²) >= 11 is 0. The molecule has 4 nitrogen and oxygen atoms in total. The number of carboxylic acids is 1. The maximum Gasteiger partial charge on any atom is 0.305 e. The van der Waals surface area contributed by atoms with Crippen LogP contribution in [0, 0.1) is 5.92 Å². The summed E-state index contributed by atoms with van der Waals surface area (Å²) in [5.74, 6) is -0.572. The number of rotatable bonds is 3. The Morgan fingerprint density at radius 2 is 2.00 bits per heavy atom. The molecule has 1 aliphatic heterocycles. The molecule has 0 bridgehead atoms. The third kappa shape index (κ3) is 2.35. The average molecular weight is 259 g/mol. The zero-order valence-electron chi connectivity index (χ0n) is 10.7. The molecule has 0 aromatic heterocycles. The van der Waals surface area contributed by atoms with Crippen LogP contribution in [0.15, 0.2) is 24.3 Å². The molecule has 0 radical (unpaired) electrons. The Kier molecular flexibility index (Phi) is 3.01. The lowest BCUT2D eigenvalue weighted by molar-refractivity contribution is -0.142. The highest BCUT2D eigenvalue weighted by Gasteiger charge is 2.39. The second-order valence-electron chi connectivity index (χ2n) is 5.37. The Morgan fingerprint density at radius 1 is 1.26 bits per heavy atom. The van der Waals surface area contributed by atoms with E-state index in [1.807, 2.05) is 24.3 Å². The molecule has 2 aliphatic rings. The van der Waals surface area contributed by atoms with Crippen LogP contribution >= 0.6 is 0 Å². The minimum absolute atomic E-state index is 0.00449. The molecule has 0 unspecified atom stereocenters. The van der Waals surface area contributed by atoms with Gasteiger partial charge in [0.2, 0.25) is 5.91 Å². The summed E-state index contributed by atoms with van der Waals surface area (Å²) in [5, 5.41) is 9.11. The fourth-order valence-electron chi connectivity index (χ4n) is 2.87. The number of hydrogen-bond acceptors (Lipinski definition) is 2. The summed E-state index contributed by atoms with van der Waals surface area (Å²) in [4.78, 5) is 25.2. The first kappa shape index (κ1) is 12.2. The fourth-order valence-corrected chi connectivity index (χ4v) is 2.87. The van der Waals surface area contributed by atoms with Crippen LogP contribution in [0.4, 0.5) is 0 Å². The quantitative estimate of drug-likeness (QED) is 0.903. The van der Waals surface area contributed by atoms with E-state index in [1.54, 1.807) is 4.90 Å². The van der Waals surface area contributed by atoms with Gasteiger partial charge in [-0.15, -0.1) is 0 Å². The lowest BCUT2D eigenvalue weighted by atomic mass is 9.90. The van der Waals surface area contributed by atoms with Gasteiger partial charge in [-0.1, -0.05) is 24.3 Å². The minimum Gasteiger partial charge on any atom is -0.481 e. The Balaban J connectivity index is 1.93. The lowest BCUT2D eigenvalue weighted by Gasteiger charge is -2.37. The normalized spacial score (nSPS) is 21.9. The smallest absolute Gasteiger partial charge is 0.305 e.